The lowest BCUT2D eigenvalue weighted by atomic mass is 10.2. The number of carboxylic acid groups (broad SMARTS) is 1. The number of allylic oxidation sites excluding steroid dienone is 3. The van der Waals surface area contributed by atoms with Crippen molar-refractivity contribution in [2.24, 2.45) is 0 Å². The van der Waals surface area contributed by atoms with Gasteiger partial charge in [-0.25, -0.2) is 4.79 Å². The summed E-state index contributed by atoms with van der Waals surface area (Å²) in [7, 11) is 0. The zero-order chi connectivity index (χ0) is 8.69. The first-order valence-electron chi connectivity index (χ1n) is 3.15. The summed E-state index contributed by atoms with van der Waals surface area (Å²) < 4.78 is 0. The zero-order valence-corrected chi connectivity index (χ0v) is 6.24. The Bertz CT molecular complexity index is 233. The molecule has 0 rings (SSSR count). The highest BCUT2D eigenvalue weighted by Crippen LogP contribution is 2.01. The molecule has 3 nitrogen and oxygen atoms in total. The predicted molar refractivity (Wildman–Crippen MR) is 40.8 cm³/mol. The van der Waals surface area contributed by atoms with Crippen LogP contribution in [0.3, 0.4) is 0 Å². The van der Waals surface area contributed by atoms with Crippen molar-refractivity contribution in [1.82, 2.24) is 0 Å². The summed E-state index contributed by atoms with van der Waals surface area (Å²) in [5.74, 6) is -1.04. The lowest BCUT2D eigenvalue weighted by molar-refractivity contribution is -0.132. The second-order valence-corrected chi connectivity index (χ2v) is 1.88. The molecule has 0 aromatic rings. The molecule has 0 aromatic carbocycles. The molecule has 1 N–H and O–H groups in total. The molecule has 0 aromatic heterocycles. The van der Waals surface area contributed by atoms with Crippen LogP contribution in [0.15, 0.2) is 23.8 Å². The van der Waals surface area contributed by atoms with Crippen molar-refractivity contribution in [3.05, 3.63) is 23.8 Å². The van der Waals surface area contributed by atoms with Crippen LogP contribution in [0, 0.1) is 11.3 Å². The van der Waals surface area contributed by atoms with E-state index in [9.17, 15) is 4.79 Å². The summed E-state index contributed by atoms with van der Waals surface area (Å²) >= 11 is 0. The van der Waals surface area contributed by atoms with Gasteiger partial charge in [-0.05, 0) is 13.3 Å². The minimum atomic E-state index is -1.04. The van der Waals surface area contributed by atoms with Gasteiger partial charge in [0.05, 0.1) is 11.6 Å². The number of carbonyl (C=O) groups is 1. The fraction of sp³-hybridized carbons (Fsp3) is 0.250. The van der Waals surface area contributed by atoms with E-state index in [1.165, 1.54) is 0 Å². The van der Waals surface area contributed by atoms with E-state index in [4.69, 9.17) is 10.4 Å². The summed E-state index contributed by atoms with van der Waals surface area (Å²) in [4.78, 5) is 10.3. The predicted octanol–water partition coefficient (Wildman–Crippen LogP) is 1.49. The molecule has 11 heavy (non-hydrogen) atoms. The second kappa shape index (κ2) is 5.24. The maximum absolute atomic E-state index is 10.3. The van der Waals surface area contributed by atoms with Gasteiger partial charge >= 0.3 is 5.97 Å². The van der Waals surface area contributed by atoms with Crippen LogP contribution in [0.1, 0.15) is 13.3 Å². The topological polar surface area (TPSA) is 61.1 Å². The molecule has 0 radical (unpaired) electrons. The van der Waals surface area contributed by atoms with Gasteiger partial charge in [0.25, 0.3) is 0 Å². The largest absolute Gasteiger partial charge is 0.478 e. The molecule has 58 valence electrons. The van der Waals surface area contributed by atoms with E-state index in [1.54, 1.807) is 25.1 Å². The monoisotopic (exact) mass is 151 g/mol. The molecule has 0 spiro atoms. The number of hydrogen-bond donors (Lipinski definition) is 1. The third-order valence-corrected chi connectivity index (χ3v) is 1.09. The molecule has 0 heterocycles. The standard InChI is InChI=1S/C8H9NO2/c1-2-3-4-7(5-6-9)8(10)11/h2-3,5H,4H2,1H3,(H,10,11). The smallest absolute Gasteiger partial charge is 0.332 e. The first-order valence-corrected chi connectivity index (χ1v) is 3.15. The molecule has 0 saturated heterocycles. The van der Waals surface area contributed by atoms with Gasteiger partial charge in [-0.3, -0.25) is 0 Å². The van der Waals surface area contributed by atoms with Crippen LogP contribution in [-0.4, -0.2) is 11.1 Å². The Morgan fingerprint density at radius 1 is 1.73 bits per heavy atom. The summed E-state index contributed by atoms with van der Waals surface area (Å²) in [6.07, 6.45) is 4.78. The van der Waals surface area contributed by atoms with E-state index in [0.29, 0.717) is 6.42 Å². The van der Waals surface area contributed by atoms with Gasteiger partial charge in [0.2, 0.25) is 0 Å². The van der Waals surface area contributed by atoms with Crippen LogP contribution < -0.4 is 0 Å². The molecular formula is C8H9NO2. The van der Waals surface area contributed by atoms with Crippen molar-refractivity contribution >= 4 is 5.97 Å². The lowest BCUT2D eigenvalue weighted by Crippen LogP contribution is -1.98. The van der Waals surface area contributed by atoms with Crippen LogP contribution in [0.25, 0.3) is 0 Å². The average molecular weight is 151 g/mol. The highest BCUT2D eigenvalue weighted by molar-refractivity contribution is 5.87. The van der Waals surface area contributed by atoms with Gasteiger partial charge in [-0.1, -0.05) is 12.2 Å². The Kier molecular flexibility index (Phi) is 4.50. The van der Waals surface area contributed by atoms with Gasteiger partial charge in [0.15, 0.2) is 0 Å². The van der Waals surface area contributed by atoms with Crippen molar-refractivity contribution in [2.45, 2.75) is 13.3 Å². The number of carboxylic acids is 1. The SMILES string of the molecule is CC=CCC(=CC#N)C(=O)O. The van der Waals surface area contributed by atoms with E-state index < -0.39 is 5.97 Å². The van der Waals surface area contributed by atoms with Crippen molar-refractivity contribution in [2.75, 3.05) is 0 Å². The molecule has 0 bridgehead atoms. The third kappa shape index (κ3) is 3.93. The Morgan fingerprint density at radius 2 is 2.36 bits per heavy atom. The highest BCUT2D eigenvalue weighted by Gasteiger charge is 2.02. The second-order valence-electron chi connectivity index (χ2n) is 1.88. The van der Waals surface area contributed by atoms with Crippen LogP contribution in [-0.2, 0) is 4.79 Å². The molecular weight excluding hydrogens is 142 g/mol. The molecule has 0 aliphatic carbocycles. The molecule has 3 heteroatoms. The summed E-state index contributed by atoms with van der Waals surface area (Å²) in [6, 6.07) is 1.68. The van der Waals surface area contributed by atoms with Gasteiger partial charge < -0.3 is 5.11 Å². The third-order valence-electron chi connectivity index (χ3n) is 1.09. The Morgan fingerprint density at radius 3 is 2.73 bits per heavy atom. The lowest BCUT2D eigenvalue weighted by Gasteiger charge is -1.92. The van der Waals surface area contributed by atoms with E-state index in [-0.39, 0.29) is 5.57 Å². The Labute approximate surface area is 65.3 Å². The van der Waals surface area contributed by atoms with Crippen LogP contribution >= 0.6 is 0 Å². The molecule has 0 fully saturated rings. The van der Waals surface area contributed by atoms with Gasteiger partial charge in [0.1, 0.15) is 0 Å². The fourth-order valence-corrected chi connectivity index (χ4v) is 0.531. The molecule has 0 unspecified atom stereocenters. The summed E-state index contributed by atoms with van der Waals surface area (Å²) in [5.41, 5.74) is 0.116. The van der Waals surface area contributed by atoms with E-state index >= 15 is 0 Å². The Balaban J connectivity index is 4.27. The minimum Gasteiger partial charge on any atom is -0.478 e. The number of nitrogens with zero attached hydrogens (tertiary/aromatic N) is 1. The van der Waals surface area contributed by atoms with Crippen LogP contribution in [0.5, 0.6) is 0 Å². The molecule has 0 aliphatic heterocycles. The quantitative estimate of drug-likeness (QED) is 0.377. The maximum atomic E-state index is 10.3. The molecule has 0 saturated carbocycles. The number of hydrogen-bond acceptors (Lipinski definition) is 2. The van der Waals surface area contributed by atoms with E-state index in [2.05, 4.69) is 0 Å². The first-order chi connectivity index (χ1) is 5.22. The highest BCUT2D eigenvalue weighted by atomic mass is 16.4. The number of aliphatic carboxylic acids is 1. The molecule has 0 amide bonds. The van der Waals surface area contributed by atoms with Crippen molar-refractivity contribution < 1.29 is 9.90 Å². The van der Waals surface area contributed by atoms with Gasteiger partial charge in [-0.15, -0.1) is 0 Å². The maximum Gasteiger partial charge on any atom is 0.332 e. The van der Waals surface area contributed by atoms with Crippen molar-refractivity contribution in [1.29, 1.82) is 5.26 Å². The first kappa shape index (κ1) is 9.44. The summed E-state index contributed by atoms with van der Waals surface area (Å²) in [6.45, 7) is 1.80. The fourth-order valence-electron chi connectivity index (χ4n) is 0.531. The average Bonchev–Trinajstić information content (AvgIpc) is 1.97. The van der Waals surface area contributed by atoms with Crippen molar-refractivity contribution in [3.8, 4) is 6.07 Å². The van der Waals surface area contributed by atoms with Crippen LogP contribution in [0.2, 0.25) is 0 Å². The number of nitriles is 1. The molecule has 0 aliphatic rings. The van der Waals surface area contributed by atoms with Gasteiger partial charge in [0, 0.05) is 6.08 Å². The van der Waals surface area contributed by atoms with E-state index in [0.717, 1.165) is 6.08 Å². The van der Waals surface area contributed by atoms with E-state index in [1.807, 2.05) is 0 Å². The summed E-state index contributed by atoms with van der Waals surface area (Å²) in [5, 5.41) is 16.6. The zero-order valence-electron chi connectivity index (χ0n) is 6.24. The Hall–Kier alpha value is -1.56. The number of rotatable bonds is 3. The van der Waals surface area contributed by atoms with Crippen LogP contribution in [0.4, 0.5) is 0 Å². The van der Waals surface area contributed by atoms with Gasteiger partial charge in [-0.2, -0.15) is 5.26 Å². The molecule has 0 atom stereocenters. The minimum absolute atomic E-state index is 0.116. The normalized spacial score (nSPS) is 11.5. The van der Waals surface area contributed by atoms with Crippen molar-refractivity contribution in [3.63, 3.8) is 0 Å².